The topological polar surface area (TPSA) is 436 Å². The Morgan fingerprint density at radius 2 is 0.865 bits per heavy atom. The summed E-state index contributed by atoms with van der Waals surface area (Å²) in [5.41, 5.74) is 43.6. The molecule has 4 amide bonds. The lowest BCUT2D eigenvalue weighted by molar-refractivity contribution is -0.143. The van der Waals surface area contributed by atoms with E-state index in [1.165, 1.54) is 0 Å². The third-order valence-electron chi connectivity index (χ3n) is 7.30. The molecule has 0 saturated carbocycles. The van der Waals surface area contributed by atoms with Crippen LogP contribution in [0.4, 0.5) is 0 Å². The van der Waals surface area contributed by atoms with E-state index < -0.39 is 78.6 Å². The molecule has 0 aliphatic carbocycles. The molecule has 0 heterocycles. The van der Waals surface area contributed by atoms with Gasteiger partial charge in [0.2, 0.25) is 23.6 Å². The van der Waals surface area contributed by atoms with Crippen molar-refractivity contribution in [1.29, 1.82) is 0 Å². The lowest BCUT2D eigenvalue weighted by Crippen LogP contribution is -2.58. The van der Waals surface area contributed by atoms with Crippen molar-refractivity contribution in [3.8, 4) is 0 Å². The summed E-state index contributed by atoms with van der Waals surface area (Å²) in [4.78, 5) is 88.1. The van der Waals surface area contributed by atoms with E-state index in [4.69, 9.17) is 45.9 Å². The molecule has 23 heteroatoms. The van der Waals surface area contributed by atoms with Crippen molar-refractivity contribution in [3.05, 3.63) is 0 Å². The zero-order valence-electron chi connectivity index (χ0n) is 29.3. The highest BCUT2D eigenvalue weighted by Crippen LogP contribution is 2.08. The summed E-state index contributed by atoms with van der Waals surface area (Å²) in [5, 5.41) is 28.8. The van der Waals surface area contributed by atoms with Crippen molar-refractivity contribution >= 4 is 53.4 Å². The van der Waals surface area contributed by atoms with Crippen molar-refractivity contribution in [3.63, 3.8) is 0 Å². The van der Waals surface area contributed by atoms with Crippen LogP contribution in [-0.4, -0.2) is 120 Å². The van der Waals surface area contributed by atoms with Crippen molar-refractivity contribution in [1.82, 2.24) is 21.3 Å². The summed E-state index contributed by atoms with van der Waals surface area (Å²) in [6.45, 7) is 0.676. The van der Waals surface area contributed by atoms with Gasteiger partial charge >= 0.3 is 11.9 Å². The number of hydrogen-bond donors (Lipinski definition) is 14. The molecule has 5 atom stereocenters. The monoisotopic (exact) mass is 743 g/mol. The zero-order valence-corrected chi connectivity index (χ0v) is 29.3. The standard InChI is InChI=1S/C29H57N15O8/c30-12-2-1-6-16(31)22(47)41-17(7-3-13-38-27(32)33)23(48)42-18(8-4-14-39-28(34)35)24(49)43-19(10-11-21(45)46)25(50)44-20(26(51)52)9-5-15-40-29(36)37/h16-20H,1-15,30-31H2,(H,41,47)(H,42,48)(H,43,49)(H,44,50)(H,45,46)(H,51,52)(H4,32,33,38)(H4,34,35,39)(H4,36,37,40)/t16-,17-,18-,19-,20-/m0/s1. The number of carboxylic acids is 2. The first-order valence-electron chi connectivity index (χ1n) is 16.8. The lowest BCUT2D eigenvalue weighted by Gasteiger charge is -2.26. The van der Waals surface area contributed by atoms with Gasteiger partial charge in [0.15, 0.2) is 17.9 Å². The second-order valence-electron chi connectivity index (χ2n) is 11.8. The maximum Gasteiger partial charge on any atom is 0.326 e. The SMILES string of the molecule is NCCCC[C@H](N)C(=O)N[C@@H](CCCN=C(N)N)C(=O)N[C@@H](CCCN=C(N)N)C(=O)N[C@@H](CCC(=O)O)C(=O)N[C@@H](CCCN=C(N)N)C(=O)O. The molecule has 0 saturated heterocycles. The summed E-state index contributed by atoms with van der Waals surface area (Å²) >= 11 is 0. The molecular formula is C29H57N15O8. The lowest BCUT2D eigenvalue weighted by atomic mass is 10.0. The van der Waals surface area contributed by atoms with Crippen LogP contribution >= 0.6 is 0 Å². The number of guanidine groups is 3. The normalized spacial score (nSPS) is 13.5. The van der Waals surface area contributed by atoms with Gasteiger partial charge < -0.3 is 77.3 Å². The molecule has 0 unspecified atom stereocenters. The number of unbranched alkanes of at least 4 members (excludes halogenated alkanes) is 1. The molecule has 0 spiro atoms. The Labute approximate surface area is 301 Å². The van der Waals surface area contributed by atoms with Crippen molar-refractivity contribution in [2.75, 3.05) is 26.2 Å². The third-order valence-corrected chi connectivity index (χ3v) is 7.30. The maximum atomic E-state index is 13.6. The Bertz CT molecular complexity index is 1250. The van der Waals surface area contributed by atoms with Gasteiger partial charge in [0.1, 0.15) is 24.2 Å². The van der Waals surface area contributed by atoms with Gasteiger partial charge in [-0.15, -0.1) is 0 Å². The van der Waals surface area contributed by atoms with E-state index in [-0.39, 0.29) is 76.0 Å². The molecule has 0 fully saturated rings. The van der Waals surface area contributed by atoms with E-state index in [9.17, 15) is 39.0 Å². The van der Waals surface area contributed by atoms with Gasteiger partial charge in [-0.05, 0) is 64.3 Å². The van der Waals surface area contributed by atoms with Crippen LogP contribution in [0.25, 0.3) is 0 Å². The number of hydrogen-bond acceptors (Lipinski definition) is 11. The number of aliphatic imine (C=N–C) groups is 3. The van der Waals surface area contributed by atoms with Crippen molar-refractivity contribution < 1.29 is 39.0 Å². The molecule has 0 aromatic heterocycles. The number of carbonyl (C=O) groups excluding carboxylic acids is 4. The van der Waals surface area contributed by atoms with Gasteiger partial charge in [-0.3, -0.25) is 38.9 Å². The summed E-state index contributed by atoms with van der Waals surface area (Å²) in [7, 11) is 0. The molecule has 0 radical (unpaired) electrons. The number of rotatable bonds is 28. The number of carboxylic acid groups (broad SMARTS) is 2. The van der Waals surface area contributed by atoms with Gasteiger partial charge in [0.25, 0.3) is 0 Å². The van der Waals surface area contributed by atoms with E-state index in [0.29, 0.717) is 25.8 Å². The van der Waals surface area contributed by atoms with E-state index >= 15 is 0 Å². The van der Waals surface area contributed by atoms with Crippen LogP contribution in [0.1, 0.15) is 70.6 Å². The first-order chi connectivity index (χ1) is 24.5. The fourth-order valence-corrected chi connectivity index (χ4v) is 4.58. The summed E-state index contributed by atoms with van der Waals surface area (Å²) in [6.07, 6.45) is 0.981. The Kier molecular flexibility index (Phi) is 23.6. The van der Waals surface area contributed by atoms with Crippen molar-refractivity contribution in [2.24, 2.45) is 60.8 Å². The molecule has 23 nitrogen and oxygen atoms in total. The number of amides is 4. The number of nitrogens with two attached hydrogens (primary N) is 8. The minimum Gasteiger partial charge on any atom is -0.481 e. The smallest absolute Gasteiger partial charge is 0.326 e. The van der Waals surface area contributed by atoms with E-state index in [2.05, 4.69) is 36.2 Å². The van der Waals surface area contributed by atoms with Gasteiger partial charge in [-0.25, -0.2) is 4.79 Å². The largest absolute Gasteiger partial charge is 0.481 e. The van der Waals surface area contributed by atoms with Crippen LogP contribution in [0.5, 0.6) is 0 Å². The fraction of sp³-hybridized carbons (Fsp3) is 0.690. The van der Waals surface area contributed by atoms with E-state index in [0.717, 1.165) is 0 Å². The Hall–Kier alpha value is -5.45. The predicted octanol–water partition coefficient (Wildman–Crippen LogP) is -5.51. The quantitative estimate of drug-likeness (QED) is 0.0202. The summed E-state index contributed by atoms with van der Waals surface area (Å²) in [6, 6.07) is -6.45. The van der Waals surface area contributed by atoms with Gasteiger partial charge in [-0.2, -0.15) is 0 Å². The van der Waals surface area contributed by atoms with Crippen LogP contribution < -0.4 is 67.1 Å². The summed E-state index contributed by atoms with van der Waals surface area (Å²) in [5.74, 6) is -6.57. The van der Waals surface area contributed by atoms with Crippen LogP contribution in [-0.2, 0) is 28.8 Å². The molecule has 22 N–H and O–H groups in total. The molecule has 296 valence electrons. The number of nitrogens with one attached hydrogen (secondary N) is 4. The molecule has 0 rings (SSSR count). The first-order valence-corrected chi connectivity index (χ1v) is 16.8. The first kappa shape index (κ1) is 46.5. The highest BCUT2D eigenvalue weighted by molar-refractivity contribution is 5.95. The maximum absolute atomic E-state index is 13.6. The zero-order chi connectivity index (χ0) is 39.6. The second-order valence-corrected chi connectivity index (χ2v) is 11.8. The van der Waals surface area contributed by atoms with Crippen molar-refractivity contribution in [2.45, 2.75) is 101 Å². The Balaban J connectivity index is 6.21. The van der Waals surface area contributed by atoms with Crippen LogP contribution in [0, 0.1) is 0 Å². The molecule has 0 aromatic carbocycles. The summed E-state index contributed by atoms with van der Waals surface area (Å²) < 4.78 is 0. The predicted molar refractivity (Wildman–Crippen MR) is 193 cm³/mol. The van der Waals surface area contributed by atoms with Gasteiger partial charge in [0.05, 0.1) is 6.04 Å². The Morgan fingerprint density at radius 3 is 1.23 bits per heavy atom. The highest BCUT2D eigenvalue weighted by atomic mass is 16.4. The van der Waals surface area contributed by atoms with Crippen LogP contribution in [0.15, 0.2) is 15.0 Å². The number of nitrogens with zero attached hydrogens (tertiary/aromatic N) is 3. The molecule has 0 bridgehead atoms. The number of carbonyl (C=O) groups is 6. The minimum absolute atomic E-state index is 0.0373. The fourth-order valence-electron chi connectivity index (χ4n) is 4.58. The highest BCUT2D eigenvalue weighted by Gasteiger charge is 2.32. The third kappa shape index (κ3) is 22.3. The average Bonchev–Trinajstić information content (AvgIpc) is 3.06. The van der Waals surface area contributed by atoms with Crippen LogP contribution in [0.2, 0.25) is 0 Å². The van der Waals surface area contributed by atoms with E-state index in [1.54, 1.807) is 0 Å². The molecule has 0 aromatic rings. The molecule has 0 aliphatic heterocycles. The average molecular weight is 744 g/mol. The molecule has 0 aliphatic rings. The molecular weight excluding hydrogens is 686 g/mol. The Morgan fingerprint density at radius 1 is 0.500 bits per heavy atom. The van der Waals surface area contributed by atoms with Gasteiger partial charge in [-0.1, -0.05) is 6.42 Å². The van der Waals surface area contributed by atoms with Crippen LogP contribution in [0.3, 0.4) is 0 Å². The van der Waals surface area contributed by atoms with E-state index in [1.807, 2.05) is 0 Å². The number of aliphatic carboxylic acids is 2. The second kappa shape index (κ2) is 26.4. The molecule has 52 heavy (non-hydrogen) atoms. The minimum atomic E-state index is -1.53. The van der Waals surface area contributed by atoms with Gasteiger partial charge in [0, 0.05) is 26.1 Å².